The largest absolute Gasteiger partial charge is 0.448 e. The molecule has 2 bridgehead atoms. The number of hydrogen-bond acceptors (Lipinski definition) is 3. The van der Waals surface area contributed by atoms with E-state index < -0.39 is 0 Å². The van der Waals surface area contributed by atoms with Crippen LogP contribution in [0.3, 0.4) is 0 Å². The highest BCUT2D eigenvalue weighted by Crippen LogP contribution is 2.37. The predicted molar refractivity (Wildman–Crippen MR) is 61.3 cm³/mol. The van der Waals surface area contributed by atoms with Gasteiger partial charge in [-0.2, -0.15) is 0 Å². The Labute approximate surface area is 100.0 Å². The summed E-state index contributed by atoms with van der Waals surface area (Å²) < 4.78 is 5.40. The maximum atomic E-state index is 9.71. The third-order valence-electron chi connectivity index (χ3n) is 3.83. The van der Waals surface area contributed by atoms with E-state index in [0.717, 1.165) is 25.1 Å². The monoisotopic (exact) mass is 241 g/mol. The molecule has 3 nitrogen and oxygen atoms in total. The zero-order chi connectivity index (χ0) is 11.1. The Bertz CT molecular complexity index is 365. The highest BCUT2D eigenvalue weighted by molar-refractivity contribution is 6.28. The highest BCUT2D eigenvalue weighted by atomic mass is 35.5. The number of hydrogen-bond donors (Lipinski definition) is 1. The second kappa shape index (κ2) is 4.06. The zero-order valence-corrected chi connectivity index (χ0v) is 9.86. The molecule has 2 aliphatic heterocycles. The van der Waals surface area contributed by atoms with Gasteiger partial charge in [0, 0.05) is 12.1 Å². The summed E-state index contributed by atoms with van der Waals surface area (Å²) in [5, 5.41) is 10.2. The molecular formula is C12H16ClNO2. The molecule has 4 heteroatoms. The molecule has 0 aliphatic carbocycles. The molecule has 0 saturated carbocycles. The van der Waals surface area contributed by atoms with E-state index in [1.807, 2.05) is 6.07 Å². The number of aliphatic hydroxyl groups excluding tert-OH is 1. The van der Waals surface area contributed by atoms with Crippen molar-refractivity contribution in [3.63, 3.8) is 0 Å². The minimum absolute atomic E-state index is 0.103. The van der Waals surface area contributed by atoms with Crippen LogP contribution >= 0.6 is 11.6 Å². The van der Waals surface area contributed by atoms with Crippen LogP contribution in [-0.4, -0.2) is 28.2 Å². The number of fused-ring (bicyclic) bond motifs is 2. The molecule has 0 amide bonds. The van der Waals surface area contributed by atoms with Gasteiger partial charge < -0.3 is 9.52 Å². The summed E-state index contributed by atoms with van der Waals surface area (Å²) in [6.45, 7) is 0.828. The second-order valence-corrected chi connectivity index (χ2v) is 5.26. The fourth-order valence-corrected chi connectivity index (χ4v) is 3.28. The van der Waals surface area contributed by atoms with E-state index in [-0.39, 0.29) is 6.10 Å². The molecule has 1 aromatic rings. The van der Waals surface area contributed by atoms with Crippen LogP contribution in [-0.2, 0) is 6.54 Å². The lowest BCUT2D eigenvalue weighted by Crippen LogP contribution is -2.43. The van der Waals surface area contributed by atoms with Crippen LogP contribution in [0.25, 0.3) is 0 Å². The molecule has 3 heterocycles. The number of halogens is 1. The van der Waals surface area contributed by atoms with Crippen LogP contribution in [0.4, 0.5) is 0 Å². The van der Waals surface area contributed by atoms with E-state index in [1.165, 1.54) is 12.8 Å². The summed E-state index contributed by atoms with van der Waals surface area (Å²) in [4.78, 5) is 2.46. The number of rotatable bonds is 2. The molecule has 2 fully saturated rings. The Kier molecular flexibility index (Phi) is 2.70. The molecule has 2 unspecified atom stereocenters. The van der Waals surface area contributed by atoms with Crippen molar-refractivity contribution in [1.29, 1.82) is 0 Å². The quantitative estimate of drug-likeness (QED) is 0.864. The maximum Gasteiger partial charge on any atom is 0.193 e. The lowest BCUT2D eigenvalue weighted by molar-refractivity contribution is 0.0276. The lowest BCUT2D eigenvalue weighted by Gasteiger charge is -2.36. The Hall–Kier alpha value is -0.510. The van der Waals surface area contributed by atoms with Crippen molar-refractivity contribution in [3.8, 4) is 0 Å². The summed E-state index contributed by atoms with van der Waals surface area (Å²) in [5.74, 6) is 0.929. The molecule has 16 heavy (non-hydrogen) atoms. The lowest BCUT2D eigenvalue weighted by atomic mass is 10.00. The summed E-state index contributed by atoms with van der Waals surface area (Å²) in [5.41, 5.74) is 0. The molecule has 88 valence electrons. The van der Waals surface area contributed by atoms with Crippen molar-refractivity contribution >= 4 is 11.6 Å². The molecule has 1 aromatic heterocycles. The van der Waals surface area contributed by atoms with Gasteiger partial charge in [-0.3, -0.25) is 4.90 Å². The highest BCUT2D eigenvalue weighted by Gasteiger charge is 2.40. The van der Waals surface area contributed by atoms with Crippen LogP contribution in [0.1, 0.15) is 31.4 Å². The van der Waals surface area contributed by atoms with Gasteiger partial charge in [-0.05, 0) is 49.4 Å². The van der Waals surface area contributed by atoms with Gasteiger partial charge in [0.2, 0.25) is 0 Å². The van der Waals surface area contributed by atoms with Crippen molar-refractivity contribution in [2.45, 2.75) is 50.4 Å². The van der Waals surface area contributed by atoms with Crippen LogP contribution < -0.4 is 0 Å². The number of aliphatic hydroxyl groups is 1. The van der Waals surface area contributed by atoms with E-state index in [4.69, 9.17) is 16.0 Å². The molecule has 3 rings (SSSR count). The third kappa shape index (κ3) is 1.88. The van der Waals surface area contributed by atoms with Crippen LogP contribution in [0.15, 0.2) is 16.5 Å². The van der Waals surface area contributed by atoms with E-state index in [1.54, 1.807) is 6.07 Å². The van der Waals surface area contributed by atoms with Gasteiger partial charge in [0.05, 0.1) is 12.6 Å². The van der Waals surface area contributed by atoms with Gasteiger partial charge in [-0.1, -0.05) is 0 Å². The van der Waals surface area contributed by atoms with E-state index in [0.29, 0.717) is 17.3 Å². The smallest absolute Gasteiger partial charge is 0.193 e. The van der Waals surface area contributed by atoms with Crippen LogP contribution in [0.5, 0.6) is 0 Å². The summed E-state index contributed by atoms with van der Waals surface area (Å²) in [7, 11) is 0. The normalized spacial score (nSPS) is 34.5. The topological polar surface area (TPSA) is 36.6 Å². The third-order valence-corrected chi connectivity index (χ3v) is 4.03. The van der Waals surface area contributed by atoms with Gasteiger partial charge in [-0.25, -0.2) is 0 Å². The van der Waals surface area contributed by atoms with E-state index >= 15 is 0 Å². The van der Waals surface area contributed by atoms with Gasteiger partial charge in [0.15, 0.2) is 5.22 Å². The molecule has 2 aliphatic rings. The average molecular weight is 242 g/mol. The van der Waals surface area contributed by atoms with Gasteiger partial charge >= 0.3 is 0 Å². The average Bonchev–Trinajstić information content (AvgIpc) is 2.72. The van der Waals surface area contributed by atoms with Crippen molar-refractivity contribution in [1.82, 2.24) is 4.90 Å². The Balaban J connectivity index is 1.72. The summed E-state index contributed by atoms with van der Waals surface area (Å²) in [6.07, 6.45) is 4.12. The van der Waals surface area contributed by atoms with Crippen molar-refractivity contribution in [2.24, 2.45) is 0 Å². The summed E-state index contributed by atoms with van der Waals surface area (Å²) >= 11 is 5.76. The molecule has 1 N–H and O–H groups in total. The molecule has 0 radical (unpaired) electrons. The fraction of sp³-hybridized carbons (Fsp3) is 0.667. The molecule has 2 saturated heterocycles. The Morgan fingerprint density at radius 2 is 2.00 bits per heavy atom. The fourth-order valence-electron chi connectivity index (χ4n) is 3.12. The number of piperidine rings is 1. The van der Waals surface area contributed by atoms with Gasteiger partial charge in [-0.15, -0.1) is 0 Å². The van der Waals surface area contributed by atoms with E-state index in [2.05, 4.69) is 4.90 Å². The Morgan fingerprint density at radius 1 is 1.31 bits per heavy atom. The molecule has 2 atom stereocenters. The van der Waals surface area contributed by atoms with Gasteiger partial charge in [0.25, 0.3) is 0 Å². The molecular weight excluding hydrogens is 226 g/mol. The number of furan rings is 1. The standard InChI is InChI=1S/C12H16ClNO2/c13-12-4-3-11(16-12)7-14-8-1-2-9(14)6-10(15)5-8/h3-4,8-10,15H,1-2,5-7H2. The predicted octanol–water partition coefficient (Wildman–Crippen LogP) is 2.42. The first-order valence-electron chi connectivity index (χ1n) is 5.90. The Morgan fingerprint density at radius 3 is 2.56 bits per heavy atom. The number of nitrogens with zero attached hydrogens (tertiary/aromatic N) is 1. The van der Waals surface area contributed by atoms with Crippen LogP contribution in [0.2, 0.25) is 5.22 Å². The molecule has 0 spiro atoms. The second-order valence-electron chi connectivity index (χ2n) is 4.89. The maximum absolute atomic E-state index is 9.71. The first-order valence-corrected chi connectivity index (χ1v) is 6.28. The van der Waals surface area contributed by atoms with Crippen LogP contribution in [0, 0.1) is 0 Å². The minimum Gasteiger partial charge on any atom is -0.448 e. The van der Waals surface area contributed by atoms with Crippen molar-refractivity contribution < 1.29 is 9.52 Å². The van der Waals surface area contributed by atoms with Crippen molar-refractivity contribution in [3.05, 3.63) is 23.1 Å². The summed E-state index contributed by atoms with van der Waals surface area (Å²) in [6, 6.07) is 4.78. The SMILES string of the molecule is OC1CC2CCC(C1)N2Cc1ccc(Cl)o1. The zero-order valence-electron chi connectivity index (χ0n) is 9.10. The van der Waals surface area contributed by atoms with Gasteiger partial charge in [0.1, 0.15) is 5.76 Å². The van der Waals surface area contributed by atoms with E-state index in [9.17, 15) is 5.11 Å². The minimum atomic E-state index is -0.103. The first kappa shape index (κ1) is 10.6. The first-order chi connectivity index (χ1) is 7.72. The molecule has 0 aromatic carbocycles. The van der Waals surface area contributed by atoms with Crippen molar-refractivity contribution in [2.75, 3.05) is 0 Å².